The molecule has 2 rings (SSSR count). The van der Waals surface area contributed by atoms with E-state index in [0.717, 1.165) is 19.5 Å². The van der Waals surface area contributed by atoms with E-state index in [-0.39, 0.29) is 11.6 Å². The molecular weight excluding hydrogens is 223 g/mol. The zero-order chi connectivity index (χ0) is 10.1. The van der Waals surface area contributed by atoms with E-state index in [0.29, 0.717) is 10.2 Å². The number of pyridine rings is 1. The molecule has 0 unspecified atom stereocenters. The van der Waals surface area contributed by atoms with Crippen molar-refractivity contribution >= 4 is 29.1 Å². The number of rotatable bonds is 1. The number of nitrogens with zero attached hydrogens (tertiary/aromatic N) is 2. The summed E-state index contributed by atoms with van der Waals surface area (Å²) in [5, 5.41) is 0.643. The maximum absolute atomic E-state index is 11.7. The van der Waals surface area contributed by atoms with E-state index in [9.17, 15) is 4.79 Å². The van der Waals surface area contributed by atoms with Crippen molar-refractivity contribution < 1.29 is 4.79 Å². The van der Waals surface area contributed by atoms with Crippen molar-refractivity contribution in [3.63, 3.8) is 0 Å². The molecule has 1 aliphatic heterocycles. The molecule has 0 radical (unpaired) electrons. The molecule has 0 aromatic carbocycles. The van der Waals surface area contributed by atoms with Gasteiger partial charge in [-0.3, -0.25) is 4.79 Å². The van der Waals surface area contributed by atoms with Crippen molar-refractivity contribution in [2.75, 3.05) is 13.1 Å². The van der Waals surface area contributed by atoms with Crippen molar-refractivity contribution in [1.29, 1.82) is 0 Å². The minimum Gasteiger partial charge on any atom is -0.337 e. The Morgan fingerprint density at radius 2 is 2.07 bits per heavy atom. The van der Waals surface area contributed by atoms with Crippen LogP contribution in [0, 0.1) is 0 Å². The molecule has 0 saturated carbocycles. The Morgan fingerprint density at radius 1 is 1.36 bits per heavy atom. The largest absolute Gasteiger partial charge is 0.337 e. The summed E-state index contributed by atoms with van der Waals surface area (Å²) in [6, 6.07) is 3.15. The van der Waals surface area contributed by atoms with Crippen molar-refractivity contribution in [2.45, 2.75) is 6.42 Å². The van der Waals surface area contributed by atoms with Gasteiger partial charge in [0.15, 0.2) is 0 Å². The first-order valence-electron chi connectivity index (χ1n) is 4.30. The summed E-state index contributed by atoms with van der Waals surface area (Å²) in [6.45, 7) is 1.56. The highest BCUT2D eigenvalue weighted by molar-refractivity contribution is 6.34. The number of carbonyl (C=O) groups is 1. The van der Waals surface area contributed by atoms with Gasteiger partial charge in [0.25, 0.3) is 5.91 Å². The molecule has 2 heterocycles. The first kappa shape index (κ1) is 9.74. The number of likely N-dealkylation sites (tertiary alicyclic amines) is 1. The van der Waals surface area contributed by atoms with Gasteiger partial charge >= 0.3 is 0 Å². The Balaban J connectivity index is 2.29. The zero-order valence-corrected chi connectivity index (χ0v) is 8.85. The molecular formula is C9H8Cl2N2O. The van der Waals surface area contributed by atoms with Crippen molar-refractivity contribution in [1.82, 2.24) is 9.88 Å². The van der Waals surface area contributed by atoms with Gasteiger partial charge < -0.3 is 4.90 Å². The van der Waals surface area contributed by atoms with Gasteiger partial charge in [0.2, 0.25) is 0 Å². The van der Waals surface area contributed by atoms with E-state index in [4.69, 9.17) is 23.2 Å². The molecule has 1 saturated heterocycles. The van der Waals surface area contributed by atoms with E-state index in [1.807, 2.05) is 0 Å². The molecule has 74 valence electrons. The highest BCUT2D eigenvalue weighted by atomic mass is 35.5. The third-order valence-corrected chi connectivity index (χ3v) is 2.67. The molecule has 1 amide bonds. The number of amides is 1. The standard InChI is InChI=1S/C9H8Cl2N2O/c10-6-2-3-7(11)12-8(6)9(14)13-4-1-5-13/h2-3H,1,4-5H2. The van der Waals surface area contributed by atoms with Gasteiger partial charge in [-0.2, -0.15) is 0 Å². The quantitative estimate of drug-likeness (QED) is 0.694. The van der Waals surface area contributed by atoms with Crippen LogP contribution in [-0.4, -0.2) is 28.9 Å². The molecule has 0 aliphatic carbocycles. The van der Waals surface area contributed by atoms with Crippen LogP contribution >= 0.6 is 23.2 Å². The average molecular weight is 231 g/mol. The topological polar surface area (TPSA) is 33.2 Å². The van der Waals surface area contributed by atoms with E-state index >= 15 is 0 Å². The van der Waals surface area contributed by atoms with Gasteiger partial charge in [0.1, 0.15) is 10.8 Å². The highest BCUT2D eigenvalue weighted by Gasteiger charge is 2.24. The summed E-state index contributed by atoms with van der Waals surface area (Å²) in [6.07, 6.45) is 1.05. The molecule has 5 heteroatoms. The lowest BCUT2D eigenvalue weighted by molar-refractivity contribution is 0.0646. The summed E-state index contributed by atoms with van der Waals surface area (Å²) in [4.78, 5) is 17.3. The smallest absolute Gasteiger partial charge is 0.274 e. The molecule has 1 aromatic heterocycles. The Morgan fingerprint density at radius 3 is 2.64 bits per heavy atom. The summed E-state index contributed by atoms with van der Waals surface area (Å²) in [7, 11) is 0. The maximum atomic E-state index is 11.7. The van der Waals surface area contributed by atoms with Crippen LogP contribution in [0.5, 0.6) is 0 Å². The Hall–Kier alpha value is -0.800. The lowest BCUT2D eigenvalue weighted by atomic mass is 10.2. The third kappa shape index (κ3) is 1.70. The van der Waals surface area contributed by atoms with Gasteiger partial charge in [-0.25, -0.2) is 4.98 Å². The van der Waals surface area contributed by atoms with Crippen molar-refractivity contribution in [3.05, 3.63) is 28.0 Å². The third-order valence-electron chi connectivity index (χ3n) is 2.16. The molecule has 0 N–H and O–H groups in total. The molecule has 0 bridgehead atoms. The van der Waals surface area contributed by atoms with E-state index in [1.54, 1.807) is 17.0 Å². The fourth-order valence-corrected chi connectivity index (χ4v) is 1.57. The predicted molar refractivity (Wildman–Crippen MR) is 54.8 cm³/mol. The van der Waals surface area contributed by atoms with Crippen LogP contribution in [0.25, 0.3) is 0 Å². The molecule has 1 aromatic rings. The molecule has 3 nitrogen and oxygen atoms in total. The van der Waals surface area contributed by atoms with E-state index in [2.05, 4.69) is 4.98 Å². The summed E-state index contributed by atoms with van der Waals surface area (Å²) in [5.41, 5.74) is 0.249. The minimum atomic E-state index is -0.135. The average Bonchev–Trinajstić information content (AvgIpc) is 2.06. The number of hydrogen-bond acceptors (Lipinski definition) is 2. The maximum Gasteiger partial charge on any atom is 0.274 e. The number of halogens is 2. The first-order valence-corrected chi connectivity index (χ1v) is 5.05. The highest BCUT2D eigenvalue weighted by Crippen LogP contribution is 2.20. The monoisotopic (exact) mass is 230 g/mol. The molecule has 0 spiro atoms. The zero-order valence-electron chi connectivity index (χ0n) is 7.33. The second-order valence-corrected chi connectivity index (χ2v) is 3.90. The Labute approximate surface area is 91.6 Å². The molecule has 14 heavy (non-hydrogen) atoms. The summed E-state index contributed by atoms with van der Waals surface area (Å²) >= 11 is 11.5. The second-order valence-electron chi connectivity index (χ2n) is 3.11. The van der Waals surface area contributed by atoms with Crippen molar-refractivity contribution in [3.8, 4) is 0 Å². The van der Waals surface area contributed by atoms with Crippen LogP contribution in [0.3, 0.4) is 0 Å². The number of aromatic nitrogens is 1. The van der Waals surface area contributed by atoms with Gasteiger partial charge in [-0.15, -0.1) is 0 Å². The fraction of sp³-hybridized carbons (Fsp3) is 0.333. The van der Waals surface area contributed by atoms with E-state index in [1.165, 1.54) is 0 Å². The van der Waals surface area contributed by atoms with Gasteiger partial charge in [0, 0.05) is 13.1 Å². The van der Waals surface area contributed by atoms with Crippen LogP contribution < -0.4 is 0 Å². The first-order chi connectivity index (χ1) is 6.68. The fourth-order valence-electron chi connectivity index (χ4n) is 1.24. The minimum absolute atomic E-state index is 0.135. The second kappa shape index (κ2) is 3.75. The Kier molecular flexibility index (Phi) is 2.61. The van der Waals surface area contributed by atoms with Crippen LogP contribution in [0.1, 0.15) is 16.9 Å². The van der Waals surface area contributed by atoms with Crippen LogP contribution in [0.2, 0.25) is 10.2 Å². The van der Waals surface area contributed by atoms with E-state index < -0.39 is 0 Å². The van der Waals surface area contributed by atoms with Gasteiger partial charge in [-0.05, 0) is 18.6 Å². The predicted octanol–water partition coefficient (Wildman–Crippen LogP) is 2.23. The van der Waals surface area contributed by atoms with Crippen LogP contribution in [0.15, 0.2) is 12.1 Å². The lowest BCUT2D eigenvalue weighted by Gasteiger charge is -2.30. The summed E-state index contributed by atoms with van der Waals surface area (Å²) in [5.74, 6) is -0.135. The Bertz CT molecular complexity index is 377. The van der Waals surface area contributed by atoms with Crippen molar-refractivity contribution in [2.24, 2.45) is 0 Å². The molecule has 0 atom stereocenters. The lowest BCUT2D eigenvalue weighted by Crippen LogP contribution is -2.42. The van der Waals surface area contributed by atoms with Gasteiger partial charge in [-0.1, -0.05) is 23.2 Å². The molecule has 1 fully saturated rings. The van der Waals surface area contributed by atoms with Crippen LogP contribution in [0.4, 0.5) is 0 Å². The normalized spacial score (nSPS) is 15.1. The number of carbonyl (C=O) groups excluding carboxylic acids is 1. The summed E-state index contributed by atoms with van der Waals surface area (Å²) < 4.78 is 0. The molecule has 1 aliphatic rings. The SMILES string of the molecule is O=C(c1nc(Cl)ccc1Cl)N1CCC1. The van der Waals surface area contributed by atoms with Crippen LogP contribution in [-0.2, 0) is 0 Å². The number of hydrogen-bond donors (Lipinski definition) is 0. The van der Waals surface area contributed by atoms with Gasteiger partial charge in [0.05, 0.1) is 5.02 Å².